The van der Waals surface area contributed by atoms with Crippen LogP contribution in [0, 0.1) is 0 Å². The second-order valence-corrected chi connectivity index (χ2v) is 3.03. The van der Waals surface area contributed by atoms with Crippen LogP contribution in [0.4, 0.5) is 0 Å². The average molecular weight is 205 g/mol. The van der Waals surface area contributed by atoms with Crippen LogP contribution in [0.2, 0.25) is 0 Å². The van der Waals surface area contributed by atoms with E-state index in [2.05, 4.69) is 0 Å². The Kier molecular flexibility index (Phi) is 2.02. The zero-order chi connectivity index (χ0) is 11.0. The van der Waals surface area contributed by atoms with Crippen molar-refractivity contribution < 1.29 is 19.9 Å². The predicted octanol–water partition coefficient (Wildman–Crippen LogP) is 0.534. The van der Waals surface area contributed by atoms with E-state index in [1.165, 1.54) is 12.1 Å². The van der Waals surface area contributed by atoms with Gasteiger partial charge >= 0.3 is 0 Å². The molecule has 2 rings (SSSR count). The minimum atomic E-state index is -0.832. The first-order chi connectivity index (χ1) is 7.11. The lowest BCUT2D eigenvalue weighted by atomic mass is 10.1. The smallest absolute Gasteiger partial charge is 0.285 e. The number of hydrogen-bond donors (Lipinski definition) is 2. The molecule has 0 atom stereocenters. The largest absolute Gasteiger partial charge is 0.507 e. The predicted molar refractivity (Wildman–Crippen MR) is 49.7 cm³/mol. The van der Waals surface area contributed by atoms with E-state index in [1.54, 1.807) is 12.1 Å². The lowest BCUT2D eigenvalue weighted by Gasteiger charge is -2.05. The molecule has 15 heavy (non-hydrogen) atoms. The summed E-state index contributed by atoms with van der Waals surface area (Å²) in [5.41, 5.74) is 0.216. The molecule has 0 fully saturated rings. The number of imide groups is 1. The van der Waals surface area contributed by atoms with Crippen LogP contribution in [-0.4, -0.2) is 27.2 Å². The fourth-order valence-electron chi connectivity index (χ4n) is 1.35. The van der Waals surface area contributed by atoms with Crippen molar-refractivity contribution >= 4 is 17.4 Å². The third kappa shape index (κ3) is 1.38. The van der Waals surface area contributed by atoms with Crippen LogP contribution < -0.4 is 0 Å². The number of carbonyl (C=O) groups excluding carboxylic acids is 2. The van der Waals surface area contributed by atoms with Gasteiger partial charge in [-0.1, -0.05) is 18.2 Å². The zero-order valence-electron chi connectivity index (χ0n) is 7.54. The molecule has 0 aliphatic carbocycles. The van der Waals surface area contributed by atoms with Crippen LogP contribution >= 0.6 is 0 Å². The van der Waals surface area contributed by atoms with E-state index in [-0.39, 0.29) is 21.9 Å². The van der Waals surface area contributed by atoms with Gasteiger partial charge in [-0.25, -0.2) is 0 Å². The Morgan fingerprint density at radius 3 is 2.33 bits per heavy atom. The molecule has 1 aliphatic heterocycles. The molecule has 0 saturated heterocycles. The second-order valence-electron chi connectivity index (χ2n) is 3.03. The van der Waals surface area contributed by atoms with E-state index >= 15 is 0 Å². The Labute approximate surface area is 84.8 Å². The molecule has 0 radical (unpaired) electrons. The van der Waals surface area contributed by atoms with Crippen molar-refractivity contribution in [3.8, 4) is 5.75 Å². The second kappa shape index (κ2) is 3.21. The number of para-hydroxylation sites is 1. The molecule has 1 aromatic rings. The molecule has 1 aromatic carbocycles. The van der Waals surface area contributed by atoms with Crippen molar-refractivity contribution in [1.82, 2.24) is 5.06 Å². The molecule has 2 amide bonds. The molecule has 0 saturated carbocycles. The highest BCUT2D eigenvalue weighted by molar-refractivity contribution is 6.33. The summed E-state index contributed by atoms with van der Waals surface area (Å²) in [6, 6.07) is 6.10. The summed E-state index contributed by atoms with van der Waals surface area (Å²) >= 11 is 0. The van der Waals surface area contributed by atoms with E-state index in [1.807, 2.05) is 0 Å². The van der Waals surface area contributed by atoms with Crippen LogP contribution in [0.25, 0.3) is 5.57 Å². The molecule has 0 unspecified atom stereocenters. The van der Waals surface area contributed by atoms with Gasteiger partial charge in [0.05, 0.1) is 5.57 Å². The van der Waals surface area contributed by atoms with Gasteiger partial charge in [0.2, 0.25) is 0 Å². The molecule has 0 spiro atoms. The average Bonchev–Trinajstić information content (AvgIpc) is 2.47. The third-order valence-corrected chi connectivity index (χ3v) is 2.09. The van der Waals surface area contributed by atoms with Crippen LogP contribution in [0.3, 0.4) is 0 Å². The first-order valence-electron chi connectivity index (χ1n) is 4.18. The first-order valence-corrected chi connectivity index (χ1v) is 4.18. The van der Waals surface area contributed by atoms with Crippen molar-refractivity contribution in [1.29, 1.82) is 0 Å². The maximum absolute atomic E-state index is 11.3. The zero-order valence-corrected chi connectivity index (χ0v) is 7.54. The van der Waals surface area contributed by atoms with Crippen molar-refractivity contribution in [2.24, 2.45) is 0 Å². The number of amides is 2. The van der Waals surface area contributed by atoms with Crippen molar-refractivity contribution in [2.75, 3.05) is 0 Å². The molecule has 0 aromatic heterocycles. The fourth-order valence-corrected chi connectivity index (χ4v) is 1.35. The summed E-state index contributed by atoms with van der Waals surface area (Å²) in [6.45, 7) is 0. The number of benzene rings is 1. The van der Waals surface area contributed by atoms with E-state index in [0.29, 0.717) is 0 Å². The highest BCUT2D eigenvalue weighted by atomic mass is 16.5. The number of hydrogen-bond acceptors (Lipinski definition) is 4. The van der Waals surface area contributed by atoms with Crippen LogP contribution in [0.1, 0.15) is 5.56 Å². The van der Waals surface area contributed by atoms with Crippen molar-refractivity contribution in [2.45, 2.75) is 0 Å². The molecule has 76 valence electrons. The standard InChI is InChI=1S/C10H7NO4/c12-8-4-2-1-3-6(8)7-5-9(13)11(15)10(7)14/h1-5,12,15H. The molecular formula is C10H7NO4. The number of rotatable bonds is 1. The Bertz CT molecular complexity index is 478. The number of nitrogens with zero attached hydrogens (tertiary/aromatic N) is 1. The Morgan fingerprint density at radius 2 is 1.80 bits per heavy atom. The molecule has 5 heteroatoms. The maximum atomic E-state index is 11.3. The Hall–Kier alpha value is -2.14. The highest BCUT2D eigenvalue weighted by Gasteiger charge is 2.31. The Morgan fingerprint density at radius 1 is 1.13 bits per heavy atom. The SMILES string of the molecule is O=C1C=C(c2ccccc2O)C(=O)N1O. The lowest BCUT2D eigenvalue weighted by molar-refractivity contribution is -0.168. The monoisotopic (exact) mass is 205 g/mol. The summed E-state index contributed by atoms with van der Waals surface area (Å²) < 4.78 is 0. The Balaban J connectivity index is 2.50. The van der Waals surface area contributed by atoms with E-state index in [4.69, 9.17) is 5.21 Å². The summed E-state index contributed by atoms with van der Waals surface area (Å²) in [6.07, 6.45) is 0.984. The van der Waals surface area contributed by atoms with E-state index in [9.17, 15) is 14.7 Å². The van der Waals surface area contributed by atoms with Gasteiger partial charge in [0.25, 0.3) is 11.8 Å². The van der Waals surface area contributed by atoms with Crippen molar-refractivity contribution in [3.63, 3.8) is 0 Å². The van der Waals surface area contributed by atoms with Crippen LogP contribution in [0.15, 0.2) is 30.3 Å². The minimum absolute atomic E-state index is 0.0133. The molecule has 1 aliphatic rings. The first kappa shape index (κ1) is 9.42. The number of phenols is 1. The van der Waals surface area contributed by atoms with Crippen molar-refractivity contribution in [3.05, 3.63) is 35.9 Å². The number of hydroxylamine groups is 2. The molecular weight excluding hydrogens is 198 g/mol. The molecule has 0 bridgehead atoms. The summed E-state index contributed by atoms with van der Waals surface area (Å²) in [5, 5.41) is 18.5. The van der Waals surface area contributed by atoms with Gasteiger partial charge in [-0.2, -0.15) is 0 Å². The quantitative estimate of drug-likeness (QED) is 0.518. The van der Waals surface area contributed by atoms with E-state index in [0.717, 1.165) is 6.08 Å². The summed E-state index contributed by atoms with van der Waals surface area (Å²) in [5.74, 6) is -1.75. The molecule has 5 nitrogen and oxygen atoms in total. The van der Waals surface area contributed by atoms with Gasteiger partial charge in [0.15, 0.2) is 0 Å². The summed E-state index contributed by atoms with van der Waals surface area (Å²) in [4.78, 5) is 22.3. The van der Waals surface area contributed by atoms with Gasteiger partial charge in [0.1, 0.15) is 5.75 Å². The van der Waals surface area contributed by atoms with Crippen LogP contribution in [-0.2, 0) is 9.59 Å². The summed E-state index contributed by atoms with van der Waals surface area (Å²) in [7, 11) is 0. The lowest BCUT2D eigenvalue weighted by Crippen LogP contribution is -2.26. The number of phenolic OH excluding ortho intramolecular Hbond substituents is 1. The normalized spacial score (nSPS) is 15.8. The van der Waals surface area contributed by atoms with Gasteiger partial charge < -0.3 is 5.11 Å². The van der Waals surface area contributed by atoms with Crippen LogP contribution in [0.5, 0.6) is 5.75 Å². The number of carbonyl (C=O) groups is 2. The van der Waals surface area contributed by atoms with Gasteiger partial charge in [0, 0.05) is 11.6 Å². The fraction of sp³-hybridized carbons (Fsp3) is 0. The maximum Gasteiger partial charge on any atom is 0.285 e. The van der Waals surface area contributed by atoms with Gasteiger partial charge in [-0.05, 0) is 6.07 Å². The third-order valence-electron chi connectivity index (χ3n) is 2.09. The highest BCUT2D eigenvalue weighted by Crippen LogP contribution is 2.28. The molecule has 1 heterocycles. The van der Waals surface area contributed by atoms with Gasteiger partial charge in [-0.3, -0.25) is 14.8 Å². The molecule has 2 N–H and O–H groups in total. The topological polar surface area (TPSA) is 77.8 Å². The van der Waals surface area contributed by atoms with E-state index < -0.39 is 11.8 Å². The van der Waals surface area contributed by atoms with Gasteiger partial charge in [-0.15, -0.1) is 5.06 Å². The number of aromatic hydroxyl groups is 1. The minimum Gasteiger partial charge on any atom is -0.507 e.